The Bertz CT molecular complexity index is 542. The van der Waals surface area contributed by atoms with Crippen molar-refractivity contribution >= 4 is 11.6 Å². The molecule has 3 N–H and O–H groups in total. The first-order valence-electron chi connectivity index (χ1n) is 5.56. The van der Waals surface area contributed by atoms with Crippen LogP contribution in [0.1, 0.15) is 23.1 Å². The molecule has 0 saturated carbocycles. The molecule has 0 aliphatic rings. The topological polar surface area (TPSA) is 51.2 Å². The average Bonchev–Trinajstić information content (AvgIpc) is 2.77. The van der Waals surface area contributed by atoms with Gasteiger partial charge in [-0.05, 0) is 43.2 Å². The average molecular weight is 269 g/mol. The largest absolute Gasteiger partial charge is 0.465 e. The second kappa shape index (κ2) is 5.52. The minimum atomic E-state index is -0.430. The molecule has 1 heterocycles. The molecule has 0 bridgehead atoms. The lowest BCUT2D eigenvalue weighted by Gasteiger charge is -2.13. The van der Waals surface area contributed by atoms with E-state index >= 15 is 0 Å². The van der Waals surface area contributed by atoms with Crippen LogP contribution in [0, 0.1) is 12.7 Å². The molecule has 3 nitrogen and oxygen atoms in total. The van der Waals surface area contributed by atoms with Gasteiger partial charge in [0.15, 0.2) is 0 Å². The summed E-state index contributed by atoms with van der Waals surface area (Å²) in [6.07, 6.45) is 0.525. The lowest BCUT2D eigenvalue weighted by molar-refractivity contribution is 0.402. The van der Waals surface area contributed by atoms with E-state index in [2.05, 4.69) is 5.43 Å². The molecule has 1 aromatic carbocycles. The van der Waals surface area contributed by atoms with Gasteiger partial charge in [-0.15, -0.1) is 0 Å². The van der Waals surface area contributed by atoms with E-state index in [0.717, 1.165) is 17.1 Å². The smallest absolute Gasteiger partial charge is 0.142 e. The number of nitrogens with one attached hydrogen (secondary N) is 1. The number of nitrogens with two attached hydrogens (primary N) is 1. The first-order chi connectivity index (χ1) is 8.60. The zero-order valence-corrected chi connectivity index (χ0v) is 10.7. The number of hydrogen-bond donors (Lipinski definition) is 2. The van der Waals surface area contributed by atoms with Crippen molar-refractivity contribution in [3.05, 3.63) is 58.3 Å². The Labute approximate surface area is 110 Å². The van der Waals surface area contributed by atoms with Crippen LogP contribution in [0.15, 0.2) is 34.7 Å². The van der Waals surface area contributed by atoms with Gasteiger partial charge in [0.05, 0.1) is 11.1 Å². The van der Waals surface area contributed by atoms with E-state index in [9.17, 15) is 4.39 Å². The summed E-state index contributed by atoms with van der Waals surface area (Å²) in [4.78, 5) is 0. The fourth-order valence-electron chi connectivity index (χ4n) is 1.78. The van der Waals surface area contributed by atoms with Crippen molar-refractivity contribution in [1.29, 1.82) is 0 Å². The Balaban J connectivity index is 2.17. The van der Waals surface area contributed by atoms with E-state index in [-0.39, 0.29) is 11.1 Å². The molecular formula is C13H14ClFN2O. The fourth-order valence-corrected chi connectivity index (χ4v) is 1.90. The van der Waals surface area contributed by atoms with E-state index in [0.29, 0.717) is 6.42 Å². The van der Waals surface area contributed by atoms with Gasteiger partial charge in [0.1, 0.15) is 17.3 Å². The standard InChI is InChI=1S/C13H14ClFN2O/c1-8-2-5-13(18-8)12(17-16)7-9-3-4-10(14)11(15)6-9/h2-6,12,17H,7,16H2,1H3. The summed E-state index contributed by atoms with van der Waals surface area (Å²) in [5.41, 5.74) is 3.46. The van der Waals surface area contributed by atoms with Crippen molar-refractivity contribution < 1.29 is 8.81 Å². The zero-order chi connectivity index (χ0) is 13.1. The molecule has 0 radical (unpaired) electrons. The van der Waals surface area contributed by atoms with Crippen LogP contribution < -0.4 is 11.3 Å². The van der Waals surface area contributed by atoms with Crippen LogP contribution in [-0.2, 0) is 6.42 Å². The Morgan fingerprint density at radius 3 is 2.72 bits per heavy atom. The van der Waals surface area contributed by atoms with E-state index in [1.165, 1.54) is 12.1 Å². The molecule has 0 saturated heterocycles. The number of rotatable bonds is 4. The van der Waals surface area contributed by atoms with Crippen LogP contribution in [0.3, 0.4) is 0 Å². The summed E-state index contributed by atoms with van der Waals surface area (Å²) in [7, 11) is 0. The van der Waals surface area contributed by atoms with Crippen molar-refractivity contribution in [3.8, 4) is 0 Å². The molecule has 0 fully saturated rings. The Kier molecular flexibility index (Phi) is 4.01. The lowest BCUT2D eigenvalue weighted by Crippen LogP contribution is -2.29. The number of hydrogen-bond acceptors (Lipinski definition) is 3. The molecule has 0 aliphatic carbocycles. The van der Waals surface area contributed by atoms with Crippen LogP contribution in [-0.4, -0.2) is 0 Å². The first kappa shape index (κ1) is 13.1. The van der Waals surface area contributed by atoms with Gasteiger partial charge in [-0.1, -0.05) is 17.7 Å². The van der Waals surface area contributed by atoms with Crippen molar-refractivity contribution in [3.63, 3.8) is 0 Å². The third kappa shape index (κ3) is 2.90. The van der Waals surface area contributed by atoms with Crippen LogP contribution in [0.5, 0.6) is 0 Å². The summed E-state index contributed by atoms with van der Waals surface area (Å²) in [5.74, 6) is 6.61. The summed E-state index contributed by atoms with van der Waals surface area (Å²) >= 11 is 5.64. The fraction of sp³-hybridized carbons (Fsp3) is 0.231. The monoisotopic (exact) mass is 268 g/mol. The van der Waals surface area contributed by atoms with Gasteiger partial charge in [-0.3, -0.25) is 5.84 Å². The molecule has 0 amide bonds. The molecule has 0 aliphatic heterocycles. The number of furan rings is 1. The van der Waals surface area contributed by atoms with Gasteiger partial charge >= 0.3 is 0 Å². The molecule has 1 atom stereocenters. The summed E-state index contributed by atoms with van der Waals surface area (Å²) in [6.45, 7) is 1.86. The maximum absolute atomic E-state index is 13.3. The summed E-state index contributed by atoms with van der Waals surface area (Å²) < 4.78 is 18.8. The number of aryl methyl sites for hydroxylation is 1. The molecule has 1 unspecified atom stereocenters. The van der Waals surface area contributed by atoms with Gasteiger partial charge in [-0.2, -0.15) is 0 Å². The van der Waals surface area contributed by atoms with Crippen molar-refractivity contribution in [2.45, 2.75) is 19.4 Å². The SMILES string of the molecule is Cc1ccc(C(Cc2ccc(Cl)c(F)c2)NN)o1. The highest BCUT2D eigenvalue weighted by Gasteiger charge is 2.15. The molecule has 0 spiro atoms. The van der Waals surface area contributed by atoms with Crippen LogP contribution >= 0.6 is 11.6 Å². The van der Waals surface area contributed by atoms with Gasteiger partial charge in [-0.25, -0.2) is 9.82 Å². The third-order valence-electron chi connectivity index (χ3n) is 2.73. The summed E-state index contributed by atoms with van der Waals surface area (Å²) in [6, 6.07) is 8.23. The Morgan fingerprint density at radius 1 is 1.39 bits per heavy atom. The molecule has 18 heavy (non-hydrogen) atoms. The highest BCUT2D eigenvalue weighted by atomic mass is 35.5. The highest BCUT2D eigenvalue weighted by Crippen LogP contribution is 2.22. The quantitative estimate of drug-likeness (QED) is 0.662. The maximum Gasteiger partial charge on any atom is 0.142 e. The number of halogens is 2. The number of benzene rings is 1. The van der Waals surface area contributed by atoms with Crippen LogP contribution in [0.25, 0.3) is 0 Å². The normalized spacial score (nSPS) is 12.7. The van der Waals surface area contributed by atoms with E-state index in [1.54, 1.807) is 6.07 Å². The maximum atomic E-state index is 13.3. The van der Waals surface area contributed by atoms with Crippen molar-refractivity contribution in [1.82, 2.24) is 5.43 Å². The second-order valence-corrected chi connectivity index (χ2v) is 4.53. The van der Waals surface area contributed by atoms with Gasteiger partial charge in [0.2, 0.25) is 0 Å². The lowest BCUT2D eigenvalue weighted by atomic mass is 10.0. The number of hydrazine groups is 1. The zero-order valence-electron chi connectivity index (χ0n) is 9.91. The first-order valence-corrected chi connectivity index (χ1v) is 5.94. The second-order valence-electron chi connectivity index (χ2n) is 4.12. The molecule has 5 heteroatoms. The van der Waals surface area contributed by atoms with Gasteiger partial charge in [0, 0.05) is 0 Å². The van der Waals surface area contributed by atoms with Gasteiger partial charge in [0.25, 0.3) is 0 Å². The molecule has 1 aromatic heterocycles. The van der Waals surface area contributed by atoms with Crippen molar-refractivity contribution in [2.24, 2.45) is 5.84 Å². The Hall–Kier alpha value is -1.36. The van der Waals surface area contributed by atoms with Gasteiger partial charge < -0.3 is 4.42 Å². The van der Waals surface area contributed by atoms with E-state index in [1.807, 2.05) is 19.1 Å². The van der Waals surface area contributed by atoms with Crippen LogP contribution in [0.2, 0.25) is 5.02 Å². The van der Waals surface area contributed by atoms with E-state index in [4.69, 9.17) is 21.9 Å². The molecular weight excluding hydrogens is 255 g/mol. The molecule has 96 valence electrons. The predicted molar refractivity (Wildman–Crippen MR) is 68.6 cm³/mol. The Morgan fingerprint density at radius 2 is 2.17 bits per heavy atom. The minimum Gasteiger partial charge on any atom is -0.465 e. The van der Waals surface area contributed by atoms with Crippen molar-refractivity contribution in [2.75, 3.05) is 0 Å². The third-order valence-corrected chi connectivity index (χ3v) is 3.04. The van der Waals surface area contributed by atoms with Crippen LogP contribution in [0.4, 0.5) is 4.39 Å². The molecule has 2 aromatic rings. The predicted octanol–water partition coefficient (Wildman–Crippen LogP) is 3.13. The minimum absolute atomic E-state index is 0.116. The van der Waals surface area contributed by atoms with E-state index < -0.39 is 5.82 Å². The molecule has 2 rings (SSSR count). The summed E-state index contributed by atoms with van der Waals surface area (Å²) in [5, 5.41) is 0.116. The highest BCUT2D eigenvalue weighted by molar-refractivity contribution is 6.30.